The number of imide groups is 1. The molecule has 44 heavy (non-hydrogen) atoms. The predicted molar refractivity (Wildman–Crippen MR) is 173 cm³/mol. The Kier molecular flexibility index (Phi) is 10.3. The summed E-state index contributed by atoms with van der Waals surface area (Å²) >= 11 is 0. The van der Waals surface area contributed by atoms with Gasteiger partial charge in [0.25, 0.3) is 0 Å². The first-order chi connectivity index (χ1) is 21.0. The number of aromatic nitrogens is 3. The molecule has 2 fully saturated rings. The maximum atomic E-state index is 12.0. The van der Waals surface area contributed by atoms with Crippen molar-refractivity contribution in [3.63, 3.8) is 0 Å². The van der Waals surface area contributed by atoms with Gasteiger partial charge in [-0.05, 0) is 91.7 Å². The van der Waals surface area contributed by atoms with Crippen LogP contribution in [0, 0.1) is 6.92 Å². The summed E-state index contributed by atoms with van der Waals surface area (Å²) in [5.74, 6) is 0.0833. The summed E-state index contributed by atoms with van der Waals surface area (Å²) in [7, 11) is 0. The number of piperidine rings is 2. The fraction of sp³-hybridized carbons (Fsp3) is 0.394. The number of nitrogens with two attached hydrogens (primary N) is 1. The summed E-state index contributed by atoms with van der Waals surface area (Å²) in [4.78, 5) is 30.4. The van der Waals surface area contributed by atoms with Crippen LogP contribution in [0.3, 0.4) is 0 Å². The van der Waals surface area contributed by atoms with Crippen molar-refractivity contribution in [3.8, 4) is 11.3 Å². The highest BCUT2D eigenvalue weighted by atomic mass is 35.5. The van der Waals surface area contributed by atoms with Gasteiger partial charge in [-0.3, -0.25) is 14.9 Å². The molecule has 4 N–H and O–H groups in total. The van der Waals surface area contributed by atoms with Crippen LogP contribution in [0.4, 0.5) is 5.69 Å². The van der Waals surface area contributed by atoms with Gasteiger partial charge < -0.3 is 20.7 Å². The summed E-state index contributed by atoms with van der Waals surface area (Å²) in [6.45, 7) is 6.81. The molecule has 11 heteroatoms. The van der Waals surface area contributed by atoms with Gasteiger partial charge >= 0.3 is 0 Å². The molecule has 0 aliphatic carbocycles. The van der Waals surface area contributed by atoms with E-state index in [1.807, 2.05) is 22.8 Å². The number of hydrogen-bond donors (Lipinski definition) is 3. The zero-order chi connectivity index (χ0) is 29.8. The van der Waals surface area contributed by atoms with Crippen LogP contribution in [0.5, 0.6) is 0 Å². The molecule has 2 amide bonds. The van der Waals surface area contributed by atoms with Crippen LogP contribution >= 0.6 is 12.4 Å². The van der Waals surface area contributed by atoms with E-state index in [-0.39, 0.29) is 30.3 Å². The molecular weight excluding hydrogens is 578 g/mol. The van der Waals surface area contributed by atoms with Crippen molar-refractivity contribution in [3.05, 3.63) is 83.3 Å². The van der Waals surface area contributed by atoms with E-state index in [4.69, 9.17) is 10.5 Å². The first-order valence-electron chi connectivity index (χ1n) is 15.1. The highest BCUT2D eigenvalue weighted by Crippen LogP contribution is 2.29. The Morgan fingerprint density at radius 1 is 1.07 bits per heavy atom. The molecule has 6 rings (SSSR count). The minimum Gasteiger partial charge on any atom is -0.375 e. The number of halogens is 1. The van der Waals surface area contributed by atoms with Gasteiger partial charge in [-0.25, -0.2) is 9.50 Å². The zero-order valence-corrected chi connectivity index (χ0v) is 25.8. The zero-order valence-electron chi connectivity index (χ0n) is 25.0. The lowest BCUT2D eigenvalue weighted by molar-refractivity contribution is -0.133. The van der Waals surface area contributed by atoms with Crippen LogP contribution in [0.25, 0.3) is 16.8 Å². The Hall–Kier alpha value is -3.83. The van der Waals surface area contributed by atoms with E-state index < -0.39 is 0 Å². The second-order valence-corrected chi connectivity index (χ2v) is 11.6. The van der Waals surface area contributed by atoms with Crippen molar-refractivity contribution in [1.82, 2.24) is 24.8 Å². The molecule has 2 aliphatic heterocycles. The second-order valence-electron chi connectivity index (χ2n) is 11.6. The Morgan fingerprint density at radius 2 is 1.86 bits per heavy atom. The number of aryl methyl sites for hydroxylation is 1. The normalized spacial score (nSPS) is 17.8. The molecular formula is C33H40ClN7O3. The lowest BCUT2D eigenvalue weighted by atomic mass is 9.89. The molecule has 2 saturated heterocycles. The topological polar surface area (TPSA) is 127 Å². The van der Waals surface area contributed by atoms with E-state index in [1.54, 1.807) is 6.33 Å². The molecule has 2 aromatic carbocycles. The second kappa shape index (κ2) is 14.3. The fourth-order valence-electron chi connectivity index (χ4n) is 6.11. The lowest BCUT2D eigenvalue weighted by Gasteiger charge is -2.32. The number of hydrogen-bond acceptors (Lipinski definition) is 8. The molecule has 0 radical (unpaired) electrons. The van der Waals surface area contributed by atoms with Crippen molar-refractivity contribution >= 4 is 35.4 Å². The predicted octanol–water partition coefficient (Wildman–Crippen LogP) is 4.20. The van der Waals surface area contributed by atoms with E-state index in [9.17, 15) is 9.59 Å². The van der Waals surface area contributed by atoms with Gasteiger partial charge in [0.05, 0.1) is 24.4 Å². The number of rotatable bonds is 10. The number of benzene rings is 2. The van der Waals surface area contributed by atoms with Crippen molar-refractivity contribution in [2.24, 2.45) is 5.73 Å². The Bertz CT molecular complexity index is 1600. The maximum Gasteiger partial charge on any atom is 0.249 e. The maximum absolute atomic E-state index is 12.0. The van der Waals surface area contributed by atoms with Crippen molar-refractivity contribution in [1.29, 1.82) is 0 Å². The third-order valence-corrected chi connectivity index (χ3v) is 8.67. The average molecular weight is 618 g/mol. The van der Waals surface area contributed by atoms with Crippen molar-refractivity contribution in [2.45, 2.75) is 57.7 Å². The van der Waals surface area contributed by atoms with Gasteiger partial charge in [0, 0.05) is 37.0 Å². The number of ether oxygens (including phenoxy) is 1. The first kappa shape index (κ1) is 31.6. The summed E-state index contributed by atoms with van der Waals surface area (Å²) in [6, 6.07) is 16.4. The van der Waals surface area contributed by atoms with Gasteiger partial charge in [0.2, 0.25) is 11.8 Å². The summed E-state index contributed by atoms with van der Waals surface area (Å²) < 4.78 is 7.95. The van der Waals surface area contributed by atoms with E-state index in [2.05, 4.69) is 68.9 Å². The molecule has 232 valence electrons. The molecule has 10 nitrogen and oxygen atoms in total. The highest BCUT2D eigenvalue weighted by molar-refractivity contribution is 6.01. The van der Waals surface area contributed by atoms with E-state index >= 15 is 0 Å². The first-order valence-corrected chi connectivity index (χ1v) is 15.1. The molecule has 4 aromatic rings. The number of likely N-dealkylation sites (tertiary alicyclic amines) is 1. The molecule has 0 saturated carbocycles. The van der Waals surface area contributed by atoms with Crippen LogP contribution in [-0.2, 0) is 27.5 Å². The number of fused-ring (bicyclic) bond motifs is 1. The third kappa shape index (κ3) is 7.27. The van der Waals surface area contributed by atoms with Crippen LogP contribution < -0.4 is 16.4 Å². The minimum absolute atomic E-state index is 0. The monoisotopic (exact) mass is 617 g/mol. The number of carbonyl (C=O) groups is 2. The van der Waals surface area contributed by atoms with Gasteiger partial charge in [-0.1, -0.05) is 24.3 Å². The smallest absolute Gasteiger partial charge is 0.249 e. The summed E-state index contributed by atoms with van der Waals surface area (Å²) in [6.07, 6.45) is 6.72. The van der Waals surface area contributed by atoms with Crippen LogP contribution in [0.15, 0.2) is 61.1 Å². The fourth-order valence-corrected chi connectivity index (χ4v) is 6.11. The number of amides is 2. The lowest BCUT2D eigenvalue weighted by Crippen LogP contribution is -2.47. The van der Waals surface area contributed by atoms with Gasteiger partial charge in [0.15, 0.2) is 0 Å². The Morgan fingerprint density at radius 3 is 2.59 bits per heavy atom. The number of anilines is 1. The molecule has 4 heterocycles. The molecule has 1 atom stereocenters. The van der Waals surface area contributed by atoms with Crippen LogP contribution in [0.1, 0.15) is 53.9 Å². The Labute approximate surface area is 263 Å². The summed E-state index contributed by atoms with van der Waals surface area (Å²) in [5.41, 5.74) is 14.4. The van der Waals surface area contributed by atoms with Gasteiger partial charge in [0.1, 0.15) is 12.4 Å². The number of carbonyl (C=O) groups excluding carboxylic acids is 2. The number of nitrogens with zero attached hydrogens (tertiary/aromatic N) is 4. The SMILES string of the molecule is Cc1cc(-c2ncnn3cc(COCCN4CCC(c5ccc(NC6CCC(=O)NC6=O)cc5)CC4)cc23)ccc1CN.Cl. The third-order valence-electron chi connectivity index (χ3n) is 8.67. The minimum atomic E-state index is -0.360. The highest BCUT2D eigenvalue weighted by Gasteiger charge is 2.26. The van der Waals surface area contributed by atoms with E-state index in [1.165, 1.54) is 5.56 Å². The quantitative estimate of drug-likeness (QED) is 0.179. The Balaban J connectivity index is 0.00000384. The molecule has 0 bridgehead atoms. The molecule has 1 unspecified atom stereocenters. The van der Waals surface area contributed by atoms with E-state index in [0.29, 0.717) is 38.5 Å². The van der Waals surface area contributed by atoms with Crippen molar-refractivity contribution < 1.29 is 14.3 Å². The molecule has 2 aromatic heterocycles. The summed E-state index contributed by atoms with van der Waals surface area (Å²) in [5, 5.41) is 10.1. The number of nitrogens with one attached hydrogen (secondary N) is 2. The molecule has 0 spiro atoms. The standard InChI is InChI=1S/C33H39N7O3.ClH/c1-22-16-26(2-3-27(22)18-34)32-30-17-23(19-40(30)36-21-35-32)20-43-15-14-39-12-10-25(11-13-39)24-4-6-28(7-5-24)37-29-8-9-31(41)38-33(29)42;/h2-7,16-17,19,21,25,29,37H,8-15,18,20,34H2,1H3,(H,38,41,42);1H. The van der Waals surface area contributed by atoms with Crippen LogP contribution in [-0.4, -0.2) is 63.6 Å². The average Bonchev–Trinajstić information content (AvgIpc) is 3.45. The van der Waals surface area contributed by atoms with Gasteiger partial charge in [-0.15, -0.1) is 12.4 Å². The van der Waals surface area contributed by atoms with Crippen LogP contribution in [0.2, 0.25) is 0 Å². The largest absolute Gasteiger partial charge is 0.375 e. The molecule has 2 aliphatic rings. The van der Waals surface area contributed by atoms with Gasteiger partial charge in [-0.2, -0.15) is 5.10 Å². The van der Waals surface area contributed by atoms with Crippen molar-refractivity contribution in [2.75, 3.05) is 31.6 Å². The van der Waals surface area contributed by atoms with E-state index in [0.717, 1.165) is 71.6 Å².